The molecule has 2 aromatic rings. The van der Waals surface area contributed by atoms with Gasteiger partial charge in [-0.15, -0.1) is 0 Å². The predicted molar refractivity (Wildman–Crippen MR) is 91.4 cm³/mol. The Morgan fingerprint density at radius 3 is 2.33 bits per heavy atom. The lowest BCUT2D eigenvalue weighted by molar-refractivity contribution is 0.618. The van der Waals surface area contributed by atoms with Gasteiger partial charge in [-0.05, 0) is 65.7 Å². The van der Waals surface area contributed by atoms with Crippen molar-refractivity contribution in [1.29, 1.82) is 0 Å². The van der Waals surface area contributed by atoms with Crippen LogP contribution in [0, 0.1) is 5.82 Å². The van der Waals surface area contributed by atoms with E-state index < -0.39 is 0 Å². The molecule has 0 saturated carbocycles. The third kappa shape index (κ3) is 3.97. The van der Waals surface area contributed by atoms with Gasteiger partial charge in [-0.3, -0.25) is 0 Å². The van der Waals surface area contributed by atoms with Gasteiger partial charge in [0, 0.05) is 31.0 Å². The normalized spacial score (nSPS) is 10.5. The lowest BCUT2D eigenvalue weighted by Crippen LogP contribution is -2.21. The summed E-state index contributed by atoms with van der Waals surface area (Å²) in [6.07, 6.45) is 0. The second kappa shape index (κ2) is 7.46. The highest BCUT2D eigenvalue weighted by atomic mass is 79.9. The quantitative estimate of drug-likeness (QED) is 0.784. The summed E-state index contributed by atoms with van der Waals surface area (Å²) in [5.41, 5.74) is 3.15. The second-order valence-corrected chi connectivity index (χ2v) is 5.58. The molecule has 1 N–H and O–H groups in total. The minimum absolute atomic E-state index is 0.230. The average molecular weight is 351 g/mol. The van der Waals surface area contributed by atoms with Gasteiger partial charge in [0.1, 0.15) is 5.82 Å². The number of hydrogen-bond donors (Lipinski definition) is 1. The van der Waals surface area contributed by atoms with E-state index in [1.165, 1.54) is 11.8 Å². The van der Waals surface area contributed by atoms with Crippen molar-refractivity contribution in [2.45, 2.75) is 20.4 Å². The maximum atomic E-state index is 13.4. The van der Waals surface area contributed by atoms with E-state index in [4.69, 9.17) is 0 Å². The van der Waals surface area contributed by atoms with Crippen LogP contribution in [-0.4, -0.2) is 13.1 Å². The molecule has 112 valence electrons. The fourth-order valence-electron chi connectivity index (χ4n) is 2.26. The first-order valence-electron chi connectivity index (χ1n) is 7.17. The molecule has 2 aromatic carbocycles. The van der Waals surface area contributed by atoms with Crippen LogP contribution >= 0.6 is 15.9 Å². The molecular weight excluding hydrogens is 331 g/mol. The minimum atomic E-state index is -0.230. The molecule has 0 aliphatic heterocycles. The summed E-state index contributed by atoms with van der Waals surface area (Å²) in [6.45, 7) is 6.89. The number of rotatable bonds is 6. The van der Waals surface area contributed by atoms with Crippen molar-refractivity contribution < 1.29 is 4.39 Å². The highest BCUT2D eigenvalue weighted by Gasteiger charge is 2.05. The third-order valence-electron chi connectivity index (χ3n) is 3.51. The first-order chi connectivity index (χ1) is 10.2. The predicted octanol–water partition coefficient (Wildman–Crippen LogP) is 5.05. The number of halogens is 2. The fraction of sp³-hybridized carbons (Fsp3) is 0.294. The largest absolute Gasteiger partial charge is 0.381 e. The molecule has 2 rings (SSSR count). The molecule has 0 spiro atoms. The van der Waals surface area contributed by atoms with Crippen molar-refractivity contribution in [3.63, 3.8) is 0 Å². The molecule has 0 bridgehead atoms. The summed E-state index contributed by atoms with van der Waals surface area (Å²) in [4.78, 5) is 2.30. The van der Waals surface area contributed by atoms with Crippen LogP contribution in [0.25, 0.3) is 0 Å². The van der Waals surface area contributed by atoms with E-state index in [-0.39, 0.29) is 5.82 Å². The molecular formula is C17H20BrFN2. The zero-order chi connectivity index (χ0) is 15.2. The third-order valence-corrected chi connectivity index (χ3v) is 4.40. The van der Waals surface area contributed by atoms with Crippen LogP contribution in [0.2, 0.25) is 0 Å². The lowest BCUT2D eigenvalue weighted by Gasteiger charge is -2.21. The summed E-state index contributed by atoms with van der Waals surface area (Å²) < 4.78 is 14.0. The topological polar surface area (TPSA) is 15.3 Å². The van der Waals surface area contributed by atoms with E-state index in [1.807, 2.05) is 6.07 Å². The van der Waals surface area contributed by atoms with Gasteiger partial charge in [0.05, 0.1) is 4.47 Å². The molecule has 2 nitrogen and oxygen atoms in total. The lowest BCUT2D eigenvalue weighted by atomic mass is 10.2. The van der Waals surface area contributed by atoms with Gasteiger partial charge in [-0.25, -0.2) is 4.39 Å². The van der Waals surface area contributed by atoms with Crippen molar-refractivity contribution in [2.24, 2.45) is 0 Å². The zero-order valence-corrected chi connectivity index (χ0v) is 14.0. The summed E-state index contributed by atoms with van der Waals surface area (Å²) in [5.74, 6) is -0.230. The Morgan fingerprint density at radius 1 is 1.05 bits per heavy atom. The average Bonchev–Trinajstić information content (AvgIpc) is 2.51. The highest BCUT2D eigenvalue weighted by molar-refractivity contribution is 9.10. The monoisotopic (exact) mass is 350 g/mol. The molecule has 0 amide bonds. The van der Waals surface area contributed by atoms with E-state index in [0.29, 0.717) is 11.0 Å². The van der Waals surface area contributed by atoms with Gasteiger partial charge >= 0.3 is 0 Å². The second-order valence-electron chi connectivity index (χ2n) is 4.79. The summed E-state index contributed by atoms with van der Waals surface area (Å²) in [6, 6.07) is 13.4. The fourth-order valence-corrected chi connectivity index (χ4v) is 2.67. The number of benzene rings is 2. The number of nitrogens with zero attached hydrogens (tertiary/aromatic N) is 1. The van der Waals surface area contributed by atoms with Crippen molar-refractivity contribution in [3.05, 3.63) is 58.3 Å². The van der Waals surface area contributed by atoms with E-state index in [9.17, 15) is 4.39 Å². The number of hydrogen-bond acceptors (Lipinski definition) is 2. The van der Waals surface area contributed by atoms with Crippen molar-refractivity contribution in [1.82, 2.24) is 0 Å². The first kappa shape index (κ1) is 15.8. The Labute approximate surface area is 134 Å². The maximum Gasteiger partial charge on any atom is 0.137 e. The van der Waals surface area contributed by atoms with Gasteiger partial charge < -0.3 is 10.2 Å². The molecule has 0 aliphatic carbocycles. The summed E-state index contributed by atoms with van der Waals surface area (Å²) in [5, 5.41) is 3.32. The van der Waals surface area contributed by atoms with E-state index >= 15 is 0 Å². The molecule has 0 heterocycles. The maximum absolute atomic E-state index is 13.4. The molecule has 4 heteroatoms. The van der Waals surface area contributed by atoms with Crippen LogP contribution in [-0.2, 0) is 6.54 Å². The molecule has 0 unspecified atom stereocenters. The SMILES string of the molecule is CCN(CC)c1ccc(NCc2cccc(F)c2Br)cc1. The van der Waals surface area contributed by atoms with Crippen LogP contribution in [0.3, 0.4) is 0 Å². The van der Waals surface area contributed by atoms with Crippen LogP contribution < -0.4 is 10.2 Å². The molecule has 0 radical (unpaired) electrons. The Bertz CT molecular complexity index is 580. The number of nitrogens with one attached hydrogen (secondary N) is 1. The molecule has 0 fully saturated rings. The van der Waals surface area contributed by atoms with E-state index in [0.717, 1.165) is 24.3 Å². The Morgan fingerprint density at radius 2 is 1.71 bits per heavy atom. The standard InChI is InChI=1S/C17H20BrFN2/c1-3-21(4-2)15-10-8-14(9-11-15)20-12-13-6-5-7-16(19)17(13)18/h5-11,20H,3-4,12H2,1-2H3. The smallest absolute Gasteiger partial charge is 0.137 e. The summed E-state index contributed by atoms with van der Waals surface area (Å²) in [7, 11) is 0. The van der Waals surface area contributed by atoms with E-state index in [1.54, 1.807) is 6.07 Å². The molecule has 0 saturated heterocycles. The molecule has 0 aliphatic rings. The number of anilines is 2. The molecule has 0 atom stereocenters. The van der Waals surface area contributed by atoms with Crippen molar-refractivity contribution >= 4 is 27.3 Å². The minimum Gasteiger partial charge on any atom is -0.381 e. The Balaban J connectivity index is 2.02. The van der Waals surface area contributed by atoms with Gasteiger partial charge in [0.2, 0.25) is 0 Å². The van der Waals surface area contributed by atoms with Gasteiger partial charge in [-0.2, -0.15) is 0 Å². The Kier molecular flexibility index (Phi) is 5.62. The van der Waals surface area contributed by atoms with Crippen molar-refractivity contribution in [2.75, 3.05) is 23.3 Å². The van der Waals surface area contributed by atoms with Gasteiger partial charge in [0.25, 0.3) is 0 Å². The van der Waals surface area contributed by atoms with Crippen molar-refractivity contribution in [3.8, 4) is 0 Å². The van der Waals surface area contributed by atoms with Gasteiger partial charge in [-0.1, -0.05) is 12.1 Å². The molecule has 0 aromatic heterocycles. The highest BCUT2D eigenvalue weighted by Crippen LogP contribution is 2.22. The van der Waals surface area contributed by atoms with Crippen LogP contribution in [0.1, 0.15) is 19.4 Å². The zero-order valence-electron chi connectivity index (χ0n) is 12.4. The van der Waals surface area contributed by atoms with Crippen LogP contribution in [0.5, 0.6) is 0 Å². The van der Waals surface area contributed by atoms with Gasteiger partial charge in [0.15, 0.2) is 0 Å². The summed E-state index contributed by atoms with van der Waals surface area (Å²) >= 11 is 3.28. The van der Waals surface area contributed by atoms with Crippen LogP contribution in [0.4, 0.5) is 15.8 Å². The molecule has 21 heavy (non-hydrogen) atoms. The van der Waals surface area contributed by atoms with E-state index in [2.05, 4.69) is 64.3 Å². The Hall–Kier alpha value is -1.55. The first-order valence-corrected chi connectivity index (χ1v) is 7.96. The van der Waals surface area contributed by atoms with Crippen LogP contribution in [0.15, 0.2) is 46.9 Å².